The van der Waals surface area contributed by atoms with E-state index in [1.54, 1.807) is 0 Å². The first-order valence-electron chi connectivity index (χ1n) is 9.85. The third-order valence-electron chi connectivity index (χ3n) is 5.20. The molecule has 3 rings (SSSR count). The van der Waals surface area contributed by atoms with Gasteiger partial charge in [-0.2, -0.15) is 0 Å². The number of anilines is 2. The molecule has 0 bridgehead atoms. The summed E-state index contributed by atoms with van der Waals surface area (Å²) in [6, 6.07) is 18.0. The Morgan fingerprint density at radius 2 is 1.61 bits per heavy atom. The first-order valence-corrected chi connectivity index (χ1v) is 9.85. The Morgan fingerprint density at radius 3 is 2.21 bits per heavy atom. The van der Waals surface area contributed by atoms with Gasteiger partial charge in [0.15, 0.2) is 11.6 Å². The van der Waals surface area contributed by atoms with E-state index in [4.69, 9.17) is 0 Å². The van der Waals surface area contributed by atoms with Gasteiger partial charge in [-0.15, -0.1) is 0 Å². The molecule has 0 saturated carbocycles. The number of nitrogens with zero attached hydrogens (tertiary/aromatic N) is 1. The van der Waals surface area contributed by atoms with Gasteiger partial charge in [0.2, 0.25) is 0 Å². The van der Waals surface area contributed by atoms with E-state index in [1.165, 1.54) is 0 Å². The van der Waals surface area contributed by atoms with Gasteiger partial charge in [-0.1, -0.05) is 29.8 Å². The van der Waals surface area contributed by atoms with Crippen LogP contribution in [0.15, 0.2) is 77.4 Å². The van der Waals surface area contributed by atoms with Crippen molar-refractivity contribution in [3.8, 4) is 0 Å². The number of hydrogen-bond donors (Lipinski definition) is 0. The number of allylic oxidation sites excluding steroid dienone is 4. The summed E-state index contributed by atoms with van der Waals surface area (Å²) in [6.45, 7) is 6.89. The quantitative estimate of drug-likeness (QED) is 0.555. The van der Waals surface area contributed by atoms with Crippen LogP contribution in [0.5, 0.6) is 0 Å². The molecule has 2 aromatic carbocycles. The molecule has 0 heterocycles. The summed E-state index contributed by atoms with van der Waals surface area (Å²) in [5.41, 5.74) is 5.78. The van der Waals surface area contributed by atoms with E-state index in [9.17, 15) is 9.59 Å². The zero-order valence-corrected chi connectivity index (χ0v) is 16.9. The lowest BCUT2D eigenvalue weighted by atomic mass is 9.89. The molecule has 0 atom stereocenters. The summed E-state index contributed by atoms with van der Waals surface area (Å²) in [6.07, 6.45) is 3.40. The van der Waals surface area contributed by atoms with Crippen molar-refractivity contribution in [3.63, 3.8) is 0 Å². The van der Waals surface area contributed by atoms with E-state index in [-0.39, 0.29) is 11.6 Å². The summed E-state index contributed by atoms with van der Waals surface area (Å²) in [4.78, 5) is 27.1. The maximum absolute atomic E-state index is 12.6. The Morgan fingerprint density at radius 1 is 0.964 bits per heavy atom. The predicted octanol–water partition coefficient (Wildman–Crippen LogP) is 6.04. The molecule has 0 aromatic heterocycles. The minimum Gasteiger partial charge on any atom is -0.342 e. The van der Waals surface area contributed by atoms with E-state index in [0.29, 0.717) is 24.8 Å². The van der Waals surface area contributed by atoms with Gasteiger partial charge in [0.25, 0.3) is 0 Å². The Balaban J connectivity index is 1.69. The minimum absolute atomic E-state index is 0.0775. The van der Waals surface area contributed by atoms with Crippen LogP contribution in [0.4, 0.5) is 11.4 Å². The van der Waals surface area contributed by atoms with Crippen LogP contribution >= 0.6 is 0 Å². The molecule has 0 fully saturated rings. The highest BCUT2D eigenvalue weighted by atomic mass is 16.1. The molecular formula is C25H27NO2. The van der Waals surface area contributed by atoms with Gasteiger partial charge in [-0.25, -0.2) is 0 Å². The van der Waals surface area contributed by atoms with E-state index in [1.807, 2.05) is 56.3 Å². The first kappa shape index (κ1) is 19.8. The van der Waals surface area contributed by atoms with E-state index < -0.39 is 0 Å². The maximum Gasteiger partial charge on any atom is 0.163 e. The largest absolute Gasteiger partial charge is 0.342 e. The first-order chi connectivity index (χ1) is 13.5. The number of carbonyl (C=O) groups excluding carboxylic acids is 2. The minimum atomic E-state index is 0.0775. The average Bonchev–Trinajstić information content (AvgIpc) is 2.69. The predicted molar refractivity (Wildman–Crippen MR) is 115 cm³/mol. The molecule has 1 aliphatic rings. The molecule has 144 valence electrons. The number of benzene rings is 2. The van der Waals surface area contributed by atoms with Gasteiger partial charge in [0.05, 0.1) is 0 Å². The van der Waals surface area contributed by atoms with Crippen LogP contribution in [0.3, 0.4) is 0 Å². The van der Waals surface area contributed by atoms with Gasteiger partial charge >= 0.3 is 0 Å². The molecule has 1 aliphatic carbocycles. The number of Topliss-reactive ketones (excluding diaryl/α,β-unsaturated/α-hetero) is 2. The maximum atomic E-state index is 12.6. The highest BCUT2D eigenvalue weighted by Gasteiger charge is 2.19. The normalized spacial score (nSPS) is 14.1. The second kappa shape index (κ2) is 8.83. The molecule has 0 unspecified atom stereocenters. The van der Waals surface area contributed by atoms with Crippen LogP contribution in [0.2, 0.25) is 0 Å². The molecule has 0 spiro atoms. The van der Waals surface area contributed by atoms with Crippen LogP contribution in [-0.2, 0) is 4.79 Å². The van der Waals surface area contributed by atoms with Gasteiger partial charge < -0.3 is 4.90 Å². The molecule has 0 saturated heterocycles. The lowest BCUT2D eigenvalue weighted by molar-refractivity contribution is -0.115. The Labute approximate surface area is 167 Å². The fourth-order valence-corrected chi connectivity index (χ4v) is 3.76. The third-order valence-corrected chi connectivity index (χ3v) is 5.20. The van der Waals surface area contributed by atoms with E-state index >= 15 is 0 Å². The van der Waals surface area contributed by atoms with Crippen LogP contribution < -0.4 is 4.90 Å². The molecule has 0 amide bonds. The van der Waals surface area contributed by atoms with Crippen molar-refractivity contribution in [3.05, 3.63) is 83.0 Å². The number of rotatable bonds is 7. The molecule has 0 N–H and O–H groups in total. The van der Waals surface area contributed by atoms with Crippen molar-refractivity contribution in [2.45, 2.75) is 40.0 Å². The second-order valence-electron chi connectivity index (χ2n) is 7.30. The Hall–Kier alpha value is -2.94. The SMILES string of the molecule is CCN(c1ccccc1)c1ccc(C(=O)CCC2=C(C)C=C(C)CC2=O)cc1. The van der Waals surface area contributed by atoms with Crippen molar-refractivity contribution in [2.75, 3.05) is 11.4 Å². The molecular weight excluding hydrogens is 346 g/mol. The van der Waals surface area contributed by atoms with Crippen LogP contribution in [0.25, 0.3) is 0 Å². The second-order valence-corrected chi connectivity index (χ2v) is 7.30. The van der Waals surface area contributed by atoms with Crippen LogP contribution in [-0.4, -0.2) is 18.1 Å². The number of carbonyl (C=O) groups is 2. The highest BCUT2D eigenvalue weighted by Crippen LogP contribution is 2.27. The van der Waals surface area contributed by atoms with E-state index in [2.05, 4.69) is 30.0 Å². The molecule has 0 aliphatic heterocycles. The van der Waals surface area contributed by atoms with Crippen molar-refractivity contribution in [2.24, 2.45) is 0 Å². The fraction of sp³-hybridized carbons (Fsp3) is 0.280. The van der Waals surface area contributed by atoms with Gasteiger partial charge in [-0.05, 0) is 74.7 Å². The fourth-order valence-electron chi connectivity index (χ4n) is 3.76. The highest BCUT2D eigenvalue weighted by molar-refractivity contribution is 6.01. The average molecular weight is 373 g/mol. The molecule has 3 heteroatoms. The smallest absolute Gasteiger partial charge is 0.163 e. The zero-order chi connectivity index (χ0) is 20.1. The summed E-state index contributed by atoms with van der Waals surface area (Å²) >= 11 is 0. The van der Waals surface area contributed by atoms with Crippen molar-refractivity contribution in [1.29, 1.82) is 0 Å². The third kappa shape index (κ3) is 4.48. The molecule has 28 heavy (non-hydrogen) atoms. The van der Waals surface area contributed by atoms with Crippen molar-refractivity contribution >= 4 is 22.9 Å². The topological polar surface area (TPSA) is 37.4 Å². The molecule has 2 aromatic rings. The van der Waals surface area contributed by atoms with Crippen molar-refractivity contribution in [1.82, 2.24) is 0 Å². The number of hydrogen-bond acceptors (Lipinski definition) is 3. The number of para-hydroxylation sites is 1. The number of ketones is 2. The lowest BCUT2D eigenvalue weighted by Crippen LogP contribution is -2.16. The summed E-state index contributed by atoms with van der Waals surface area (Å²) in [7, 11) is 0. The molecule has 3 nitrogen and oxygen atoms in total. The monoisotopic (exact) mass is 373 g/mol. The van der Waals surface area contributed by atoms with Crippen molar-refractivity contribution < 1.29 is 9.59 Å². The van der Waals surface area contributed by atoms with Crippen LogP contribution in [0.1, 0.15) is 50.4 Å². The summed E-state index contributed by atoms with van der Waals surface area (Å²) in [5.74, 6) is 0.232. The van der Waals surface area contributed by atoms with Gasteiger partial charge in [-0.3, -0.25) is 9.59 Å². The summed E-state index contributed by atoms with van der Waals surface area (Å²) < 4.78 is 0. The van der Waals surface area contributed by atoms with Gasteiger partial charge in [0.1, 0.15) is 0 Å². The summed E-state index contributed by atoms with van der Waals surface area (Å²) in [5, 5.41) is 0. The van der Waals surface area contributed by atoms with Crippen LogP contribution in [0, 0.1) is 0 Å². The Bertz CT molecular complexity index is 921. The zero-order valence-electron chi connectivity index (χ0n) is 16.9. The van der Waals surface area contributed by atoms with E-state index in [0.717, 1.165) is 34.6 Å². The molecule has 0 radical (unpaired) electrons. The Kier molecular flexibility index (Phi) is 6.25. The van der Waals surface area contributed by atoms with Gasteiger partial charge in [0, 0.05) is 36.3 Å². The standard InChI is InChI=1S/C25H27NO2/c1-4-26(21-8-6-5-7-9-21)22-12-10-20(11-13-22)24(27)15-14-23-19(3)16-18(2)17-25(23)28/h5-13,16H,4,14-15,17H2,1-3H3. The lowest BCUT2D eigenvalue weighted by Gasteiger charge is -2.23.